The molecule has 0 radical (unpaired) electrons. The Morgan fingerprint density at radius 3 is 2.81 bits per heavy atom. The fraction of sp³-hybridized carbons (Fsp3) is 0.533. The normalized spacial score (nSPS) is 18.3. The number of hydrogen-bond acceptors (Lipinski definition) is 6. The highest BCUT2D eigenvalue weighted by Crippen LogP contribution is 2.29. The van der Waals surface area contributed by atoms with Gasteiger partial charge in [0.15, 0.2) is 0 Å². The summed E-state index contributed by atoms with van der Waals surface area (Å²) in [5.74, 6) is 1.14. The summed E-state index contributed by atoms with van der Waals surface area (Å²) in [6, 6.07) is 8.46. The summed E-state index contributed by atoms with van der Waals surface area (Å²) in [7, 11) is 0. The molecule has 1 atom stereocenters. The van der Waals surface area contributed by atoms with E-state index < -0.39 is 0 Å². The third-order valence-corrected chi connectivity index (χ3v) is 4.64. The molecule has 5 nitrogen and oxygen atoms in total. The molecule has 1 aromatic carbocycles. The highest BCUT2D eigenvalue weighted by atomic mass is 32.1. The maximum Gasteiger partial charge on any atom is 0.150 e. The van der Waals surface area contributed by atoms with Gasteiger partial charge in [0, 0.05) is 38.1 Å². The molecule has 0 amide bonds. The largest absolute Gasteiger partial charge is 0.363 e. The summed E-state index contributed by atoms with van der Waals surface area (Å²) < 4.78 is 11.3. The SMILES string of the molecule is CC(N)OCCN1CCN(c2nsc3ccccc23)CC1. The number of rotatable bonds is 5. The predicted molar refractivity (Wildman–Crippen MR) is 87.9 cm³/mol. The van der Waals surface area contributed by atoms with Crippen LogP contribution in [0.1, 0.15) is 6.92 Å². The number of aromatic nitrogens is 1. The van der Waals surface area contributed by atoms with Crippen LogP contribution in [-0.4, -0.2) is 54.8 Å². The lowest BCUT2D eigenvalue weighted by Crippen LogP contribution is -2.47. The predicted octanol–water partition coefficient (Wildman–Crippen LogP) is 1.74. The molecular formula is C15H22N4OS. The van der Waals surface area contributed by atoms with E-state index in [0.29, 0.717) is 6.61 Å². The Kier molecular flexibility index (Phi) is 4.70. The molecule has 2 N–H and O–H groups in total. The highest BCUT2D eigenvalue weighted by molar-refractivity contribution is 7.13. The number of anilines is 1. The molecule has 1 aromatic heterocycles. The van der Waals surface area contributed by atoms with E-state index in [1.165, 1.54) is 10.1 Å². The minimum atomic E-state index is -0.173. The lowest BCUT2D eigenvalue weighted by molar-refractivity contribution is 0.0511. The average Bonchev–Trinajstić information content (AvgIpc) is 2.92. The number of fused-ring (bicyclic) bond motifs is 1. The van der Waals surface area contributed by atoms with Crippen molar-refractivity contribution in [3.63, 3.8) is 0 Å². The lowest BCUT2D eigenvalue weighted by atomic mass is 10.2. The van der Waals surface area contributed by atoms with E-state index in [1.54, 1.807) is 11.5 Å². The van der Waals surface area contributed by atoms with Crippen molar-refractivity contribution in [1.29, 1.82) is 0 Å². The van der Waals surface area contributed by atoms with Crippen LogP contribution in [0.25, 0.3) is 10.1 Å². The van der Waals surface area contributed by atoms with Crippen molar-refractivity contribution in [3.8, 4) is 0 Å². The summed E-state index contributed by atoms with van der Waals surface area (Å²) in [5.41, 5.74) is 5.59. The second kappa shape index (κ2) is 6.70. The van der Waals surface area contributed by atoms with Gasteiger partial charge in [-0.15, -0.1) is 0 Å². The van der Waals surface area contributed by atoms with E-state index >= 15 is 0 Å². The molecule has 6 heteroatoms. The third-order valence-electron chi connectivity index (χ3n) is 3.82. The molecular weight excluding hydrogens is 284 g/mol. The van der Waals surface area contributed by atoms with Crippen LogP contribution in [0.3, 0.4) is 0 Å². The van der Waals surface area contributed by atoms with Gasteiger partial charge in [-0.2, -0.15) is 4.37 Å². The van der Waals surface area contributed by atoms with Gasteiger partial charge in [0.25, 0.3) is 0 Å². The Morgan fingerprint density at radius 2 is 2.05 bits per heavy atom. The number of hydrogen-bond donors (Lipinski definition) is 1. The maximum atomic E-state index is 5.59. The van der Waals surface area contributed by atoms with Crippen molar-refractivity contribution in [2.24, 2.45) is 5.73 Å². The Morgan fingerprint density at radius 1 is 1.29 bits per heavy atom. The Bertz CT molecular complexity index is 578. The Balaban J connectivity index is 1.56. The van der Waals surface area contributed by atoms with Crippen LogP contribution in [0.2, 0.25) is 0 Å². The molecule has 114 valence electrons. The van der Waals surface area contributed by atoms with E-state index in [0.717, 1.165) is 38.5 Å². The first-order valence-corrected chi connectivity index (χ1v) is 8.20. The molecule has 2 heterocycles. The standard InChI is InChI=1S/C15H22N4OS/c1-12(16)20-11-10-18-6-8-19(9-7-18)15-13-4-2-3-5-14(13)21-17-15/h2-5,12H,6-11,16H2,1H3. The number of ether oxygens (including phenoxy) is 1. The average molecular weight is 306 g/mol. The van der Waals surface area contributed by atoms with E-state index in [4.69, 9.17) is 10.5 Å². The van der Waals surface area contributed by atoms with E-state index in [2.05, 4.69) is 38.4 Å². The van der Waals surface area contributed by atoms with Crippen molar-refractivity contribution in [2.75, 3.05) is 44.2 Å². The monoisotopic (exact) mass is 306 g/mol. The van der Waals surface area contributed by atoms with Gasteiger partial charge in [0.1, 0.15) is 12.0 Å². The molecule has 1 fully saturated rings. The zero-order valence-electron chi connectivity index (χ0n) is 12.4. The molecule has 1 unspecified atom stereocenters. The summed E-state index contributed by atoms with van der Waals surface area (Å²) in [6.45, 7) is 7.66. The molecule has 1 aliphatic rings. The molecule has 0 bridgehead atoms. The maximum absolute atomic E-state index is 5.59. The van der Waals surface area contributed by atoms with Crippen LogP contribution < -0.4 is 10.6 Å². The molecule has 1 aliphatic heterocycles. The Labute approximate surface area is 129 Å². The zero-order valence-corrected chi connectivity index (χ0v) is 13.2. The van der Waals surface area contributed by atoms with Gasteiger partial charge in [-0.1, -0.05) is 12.1 Å². The number of piperazine rings is 1. The first kappa shape index (κ1) is 14.7. The van der Waals surface area contributed by atoms with Gasteiger partial charge in [-0.3, -0.25) is 4.90 Å². The molecule has 0 spiro atoms. The molecule has 3 rings (SSSR count). The van der Waals surface area contributed by atoms with Gasteiger partial charge < -0.3 is 15.4 Å². The molecule has 0 aliphatic carbocycles. The number of nitrogens with two attached hydrogens (primary N) is 1. The summed E-state index contributed by atoms with van der Waals surface area (Å²) in [4.78, 5) is 4.81. The van der Waals surface area contributed by atoms with Gasteiger partial charge in [-0.25, -0.2) is 0 Å². The fourth-order valence-electron chi connectivity index (χ4n) is 2.65. The zero-order chi connectivity index (χ0) is 14.7. The van der Waals surface area contributed by atoms with Crippen molar-refractivity contribution in [2.45, 2.75) is 13.2 Å². The van der Waals surface area contributed by atoms with Gasteiger partial charge in [0.2, 0.25) is 0 Å². The van der Waals surface area contributed by atoms with Gasteiger partial charge >= 0.3 is 0 Å². The first-order valence-electron chi connectivity index (χ1n) is 7.43. The van der Waals surface area contributed by atoms with Crippen LogP contribution in [0.15, 0.2) is 24.3 Å². The number of benzene rings is 1. The quantitative estimate of drug-likeness (QED) is 0.853. The van der Waals surface area contributed by atoms with Crippen LogP contribution in [-0.2, 0) is 4.74 Å². The van der Waals surface area contributed by atoms with Gasteiger partial charge in [-0.05, 0) is 30.6 Å². The molecule has 1 saturated heterocycles. The van der Waals surface area contributed by atoms with Gasteiger partial charge in [0.05, 0.1) is 11.3 Å². The third kappa shape index (κ3) is 3.52. The van der Waals surface area contributed by atoms with Crippen LogP contribution >= 0.6 is 11.5 Å². The van der Waals surface area contributed by atoms with Crippen molar-refractivity contribution in [1.82, 2.24) is 9.27 Å². The van der Waals surface area contributed by atoms with Crippen LogP contribution in [0, 0.1) is 0 Å². The Hall–Kier alpha value is -1.21. The minimum Gasteiger partial charge on any atom is -0.363 e. The summed E-state index contributed by atoms with van der Waals surface area (Å²) >= 11 is 1.59. The topological polar surface area (TPSA) is 54.6 Å². The molecule has 2 aromatic rings. The first-order chi connectivity index (χ1) is 10.2. The minimum absolute atomic E-state index is 0.173. The van der Waals surface area contributed by atoms with E-state index in [1.807, 2.05) is 6.92 Å². The van der Waals surface area contributed by atoms with E-state index in [9.17, 15) is 0 Å². The van der Waals surface area contributed by atoms with E-state index in [-0.39, 0.29) is 6.23 Å². The van der Waals surface area contributed by atoms with Crippen LogP contribution in [0.5, 0.6) is 0 Å². The van der Waals surface area contributed by atoms with Crippen molar-refractivity contribution in [3.05, 3.63) is 24.3 Å². The number of nitrogens with zero attached hydrogens (tertiary/aromatic N) is 3. The molecule has 21 heavy (non-hydrogen) atoms. The summed E-state index contributed by atoms with van der Waals surface area (Å²) in [6.07, 6.45) is -0.173. The van der Waals surface area contributed by atoms with Crippen molar-refractivity contribution < 1.29 is 4.74 Å². The smallest absolute Gasteiger partial charge is 0.150 e. The summed E-state index contributed by atoms with van der Waals surface area (Å²) in [5, 5.41) is 1.27. The fourth-order valence-corrected chi connectivity index (χ4v) is 3.45. The lowest BCUT2D eigenvalue weighted by Gasteiger charge is -2.35. The highest BCUT2D eigenvalue weighted by Gasteiger charge is 2.20. The van der Waals surface area contributed by atoms with Crippen LogP contribution in [0.4, 0.5) is 5.82 Å². The second-order valence-corrected chi connectivity index (χ2v) is 6.21. The second-order valence-electron chi connectivity index (χ2n) is 5.41. The molecule has 0 saturated carbocycles. The van der Waals surface area contributed by atoms with Crippen molar-refractivity contribution >= 4 is 27.4 Å².